The molecule has 0 fully saturated rings. The van der Waals surface area contributed by atoms with Crippen LogP contribution < -0.4 is 10.6 Å². The standard InChI is InChI=1S/C16H22N4S.HI/c1-3-15-20-14(12-21-15)11-19-16(17-2)18-10-9-13-7-5-4-6-8-13;/h4-8,12H,3,9-11H2,1-2H3,(H2,17,18,19);1H. The lowest BCUT2D eigenvalue weighted by Crippen LogP contribution is -2.37. The van der Waals surface area contributed by atoms with Gasteiger partial charge in [-0.25, -0.2) is 4.98 Å². The summed E-state index contributed by atoms with van der Waals surface area (Å²) in [6.07, 6.45) is 1.98. The van der Waals surface area contributed by atoms with Gasteiger partial charge in [-0.3, -0.25) is 4.99 Å². The number of halogens is 1. The molecule has 1 aromatic carbocycles. The molecule has 0 aliphatic carbocycles. The molecular weight excluding hydrogens is 407 g/mol. The maximum Gasteiger partial charge on any atom is 0.191 e. The van der Waals surface area contributed by atoms with Gasteiger partial charge in [0.1, 0.15) is 0 Å². The van der Waals surface area contributed by atoms with Crippen LogP contribution in [0.1, 0.15) is 23.2 Å². The summed E-state index contributed by atoms with van der Waals surface area (Å²) in [7, 11) is 1.79. The van der Waals surface area contributed by atoms with Crippen LogP contribution in [0.4, 0.5) is 0 Å². The van der Waals surface area contributed by atoms with E-state index in [1.165, 1.54) is 10.6 Å². The number of hydrogen-bond acceptors (Lipinski definition) is 3. The maximum absolute atomic E-state index is 4.54. The van der Waals surface area contributed by atoms with E-state index in [1.807, 2.05) is 6.07 Å². The average molecular weight is 430 g/mol. The SMILES string of the molecule is CCc1nc(CNC(=NC)NCCc2ccccc2)cs1.I. The molecule has 0 radical (unpaired) electrons. The zero-order chi connectivity index (χ0) is 14.9. The van der Waals surface area contributed by atoms with E-state index in [0.717, 1.165) is 31.0 Å². The first-order valence-electron chi connectivity index (χ1n) is 7.23. The smallest absolute Gasteiger partial charge is 0.191 e. The summed E-state index contributed by atoms with van der Waals surface area (Å²) in [5, 5.41) is 9.90. The summed E-state index contributed by atoms with van der Waals surface area (Å²) in [4.78, 5) is 8.77. The van der Waals surface area contributed by atoms with Crippen molar-refractivity contribution in [2.24, 2.45) is 4.99 Å². The van der Waals surface area contributed by atoms with Crippen LogP contribution in [-0.2, 0) is 19.4 Å². The summed E-state index contributed by atoms with van der Waals surface area (Å²) in [5.41, 5.74) is 2.40. The Morgan fingerprint density at radius 1 is 1.23 bits per heavy atom. The molecule has 0 amide bonds. The van der Waals surface area contributed by atoms with Gasteiger partial charge < -0.3 is 10.6 Å². The van der Waals surface area contributed by atoms with Crippen LogP contribution in [0, 0.1) is 0 Å². The Labute approximate surface area is 153 Å². The number of nitrogens with one attached hydrogen (secondary N) is 2. The monoisotopic (exact) mass is 430 g/mol. The molecule has 2 N–H and O–H groups in total. The fourth-order valence-corrected chi connectivity index (χ4v) is 2.70. The van der Waals surface area contributed by atoms with E-state index >= 15 is 0 Å². The fourth-order valence-electron chi connectivity index (χ4n) is 1.96. The Hall–Kier alpha value is -1.15. The number of aliphatic imine (C=N–C) groups is 1. The Balaban J connectivity index is 0.00000242. The van der Waals surface area contributed by atoms with E-state index in [0.29, 0.717) is 6.54 Å². The van der Waals surface area contributed by atoms with E-state index in [4.69, 9.17) is 0 Å². The molecule has 0 unspecified atom stereocenters. The fraction of sp³-hybridized carbons (Fsp3) is 0.375. The van der Waals surface area contributed by atoms with Gasteiger partial charge in [0, 0.05) is 19.0 Å². The molecule has 4 nitrogen and oxygen atoms in total. The Bertz CT molecular complexity index is 569. The molecule has 6 heteroatoms. The number of rotatable bonds is 6. The second-order valence-electron chi connectivity index (χ2n) is 4.67. The number of hydrogen-bond donors (Lipinski definition) is 2. The van der Waals surface area contributed by atoms with Crippen LogP contribution in [-0.4, -0.2) is 24.5 Å². The lowest BCUT2D eigenvalue weighted by Gasteiger charge is -2.10. The molecule has 0 saturated heterocycles. The molecule has 120 valence electrons. The third-order valence-corrected chi connectivity index (χ3v) is 4.15. The van der Waals surface area contributed by atoms with Gasteiger partial charge in [-0.15, -0.1) is 35.3 Å². The predicted molar refractivity (Wildman–Crippen MR) is 105 cm³/mol. The molecule has 0 atom stereocenters. The van der Waals surface area contributed by atoms with Gasteiger partial charge in [0.2, 0.25) is 0 Å². The molecule has 22 heavy (non-hydrogen) atoms. The van der Waals surface area contributed by atoms with Crippen molar-refractivity contribution in [2.45, 2.75) is 26.3 Å². The highest BCUT2D eigenvalue weighted by atomic mass is 127. The third-order valence-electron chi connectivity index (χ3n) is 3.11. The first kappa shape index (κ1) is 18.9. The molecule has 1 heterocycles. The Morgan fingerprint density at radius 3 is 2.64 bits per heavy atom. The number of guanidine groups is 1. The van der Waals surface area contributed by atoms with Gasteiger partial charge in [-0.1, -0.05) is 37.3 Å². The van der Waals surface area contributed by atoms with Gasteiger partial charge in [0.15, 0.2) is 5.96 Å². The van der Waals surface area contributed by atoms with Gasteiger partial charge in [-0.2, -0.15) is 0 Å². The molecule has 1 aromatic heterocycles. The zero-order valence-electron chi connectivity index (χ0n) is 13.0. The molecule has 0 bridgehead atoms. The van der Waals surface area contributed by atoms with Gasteiger partial charge in [0.25, 0.3) is 0 Å². The number of aromatic nitrogens is 1. The van der Waals surface area contributed by atoms with Crippen LogP contribution in [0.3, 0.4) is 0 Å². The molecule has 2 aromatic rings. The minimum atomic E-state index is 0. The van der Waals surface area contributed by atoms with Gasteiger partial charge in [0.05, 0.1) is 17.2 Å². The van der Waals surface area contributed by atoms with Crippen LogP contribution >= 0.6 is 35.3 Å². The van der Waals surface area contributed by atoms with E-state index in [-0.39, 0.29) is 24.0 Å². The lowest BCUT2D eigenvalue weighted by molar-refractivity contribution is 0.784. The van der Waals surface area contributed by atoms with Gasteiger partial charge >= 0.3 is 0 Å². The van der Waals surface area contributed by atoms with Crippen molar-refractivity contribution < 1.29 is 0 Å². The second-order valence-corrected chi connectivity index (χ2v) is 5.62. The van der Waals surface area contributed by atoms with Crippen molar-refractivity contribution in [3.05, 3.63) is 52.0 Å². The summed E-state index contributed by atoms with van der Waals surface area (Å²) in [6.45, 7) is 3.70. The molecule has 0 aliphatic heterocycles. The van der Waals surface area contributed by atoms with E-state index in [9.17, 15) is 0 Å². The minimum absolute atomic E-state index is 0. The van der Waals surface area contributed by atoms with Gasteiger partial charge in [-0.05, 0) is 18.4 Å². The summed E-state index contributed by atoms with van der Waals surface area (Å²) < 4.78 is 0. The summed E-state index contributed by atoms with van der Waals surface area (Å²) >= 11 is 1.71. The van der Waals surface area contributed by atoms with Crippen LogP contribution in [0.2, 0.25) is 0 Å². The minimum Gasteiger partial charge on any atom is -0.356 e. The number of benzene rings is 1. The van der Waals surface area contributed by atoms with Crippen molar-refractivity contribution in [1.29, 1.82) is 0 Å². The molecule has 0 aliphatic rings. The van der Waals surface area contributed by atoms with Crippen LogP contribution in [0.5, 0.6) is 0 Å². The molecular formula is C16H23IN4S. The first-order chi connectivity index (χ1) is 10.3. The number of aryl methyl sites for hydroxylation is 1. The quantitative estimate of drug-likeness (QED) is 0.421. The molecule has 2 rings (SSSR count). The highest BCUT2D eigenvalue weighted by Gasteiger charge is 2.02. The second kappa shape index (κ2) is 10.6. The molecule has 0 spiro atoms. The first-order valence-corrected chi connectivity index (χ1v) is 8.11. The lowest BCUT2D eigenvalue weighted by atomic mass is 10.1. The predicted octanol–water partition coefficient (Wildman–Crippen LogP) is 3.23. The third kappa shape index (κ3) is 6.31. The van der Waals surface area contributed by atoms with Crippen LogP contribution in [0.15, 0.2) is 40.7 Å². The van der Waals surface area contributed by atoms with Crippen LogP contribution in [0.25, 0.3) is 0 Å². The Morgan fingerprint density at radius 2 is 2.00 bits per heavy atom. The van der Waals surface area contributed by atoms with E-state index in [2.05, 4.69) is 57.2 Å². The van der Waals surface area contributed by atoms with E-state index < -0.39 is 0 Å². The summed E-state index contributed by atoms with van der Waals surface area (Å²) in [6, 6.07) is 10.4. The normalized spacial score (nSPS) is 10.9. The maximum atomic E-state index is 4.54. The van der Waals surface area contributed by atoms with Crippen molar-refractivity contribution in [1.82, 2.24) is 15.6 Å². The largest absolute Gasteiger partial charge is 0.356 e. The highest BCUT2D eigenvalue weighted by molar-refractivity contribution is 14.0. The highest BCUT2D eigenvalue weighted by Crippen LogP contribution is 2.09. The van der Waals surface area contributed by atoms with E-state index in [1.54, 1.807) is 18.4 Å². The van der Waals surface area contributed by atoms with Crippen molar-refractivity contribution in [3.8, 4) is 0 Å². The number of thiazole rings is 1. The number of nitrogens with zero attached hydrogens (tertiary/aromatic N) is 2. The summed E-state index contributed by atoms with van der Waals surface area (Å²) in [5.74, 6) is 0.817. The zero-order valence-corrected chi connectivity index (χ0v) is 16.2. The molecule has 0 saturated carbocycles. The Kier molecular flexibility index (Phi) is 9.07. The van der Waals surface area contributed by atoms with Crippen molar-refractivity contribution >= 4 is 41.3 Å². The van der Waals surface area contributed by atoms with Crippen molar-refractivity contribution in [3.63, 3.8) is 0 Å². The van der Waals surface area contributed by atoms with Crippen molar-refractivity contribution in [2.75, 3.05) is 13.6 Å². The topological polar surface area (TPSA) is 49.3 Å². The average Bonchev–Trinajstić information content (AvgIpc) is 3.00.